The van der Waals surface area contributed by atoms with E-state index in [0.717, 1.165) is 11.0 Å². The lowest BCUT2D eigenvalue weighted by atomic mass is 10.2. The smallest absolute Gasteiger partial charge is 0.410 e. The third kappa shape index (κ3) is 4.57. The van der Waals surface area contributed by atoms with Crippen molar-refractivity contribution in [3.05, 3.63) is 36.3 Å². The van der Waals surface area contributed by atoms with E-state index in [4.69, 9.17) is 15.2 Å². The van der Waals surface area contributed by atoms with E-state index in [1.54, 1.807) is 33.3 Å². The van der Waals surface area contributed by atoms with Crippen LogP contribution in [0.4, 0.5) is 19.4 Å². The second-order valence-electron chi connectivity index (χ2n) is 8.23. The quantitative estimate of drug-likeness (QED) is 0.436. The summed E-state index contributed by atoms with van der Waals surface area (Å²) in [7, 11) is 0. The van der Waals surface area contributed by atoms with E-state index in [1.807, 2.05) is 0 Å². The van der Waals surface area contributed by atoms with E-state index in [0.29, 0.717) is 36.8 Å². The van der Waals surface area contributed by atoms with Gasteiger partial charge < -0.3 is 20.1 Å². The first-order valence-electron chi connectivity index (χ1n) is 9.99. The summed E-state index contributed by atoms with van der Waals surface area (Å²) in [6, 6.07) is 2.75. The number of thioether (sulfide) groups is 1. The van der Waals surface area contributed by atoms with Crippen molar-refractivity contribution >= 4 is 29.3 Å². The summed E-state index contributed by atoms with van der Waals surface area (Å²) >= 11 is 1.56. The fraction of sp³-hybridized carbons (Fsp3) is 0.381. The van der Waals surface area contributed by atoms with Crippen LogP contribution < -0.4 is 10.5 Å². The summed E-state index contributed by atoms with van der Waals surface area (Å²) in [5.74, 6) is -1.60. The average Bonchev–Trinajstić information content (AvgIpc) is 3.29. The first kappa shape index (κ1) is 22.1. The van der Waals surface area contributed by atoms with E-state index < -0.39 is 17.6 Å². The summed E-state index contributed by atoms with van der Waals surface area (Å²) in [4.78, 5) is 21.8. The molecule has 1 aliphatic heterocycles. The van der Waals surface area contributed by atoms with Crippen LogP contribution in [0.1, 0.15) is 20.8 Å². The van der Waals surface area contributed by atoms with Crippen molar-refractivity contribution in [3.63, 3.8) is 0 Å². The number of hydrogen-bond donors (Lipinski definition) is 1. The topological polar surface area (TPSA) is 95.0 Å². The number of cyclic esters (lactones) is 1. The highest BCUT2D eigenvalue weighted by atomic mass is 32.2. The van der Waals surface area contributed by atoms with Gasteiger partial charge in [0.2, 0.25) is 5.95 Å². The highest BCUT2D eigenvalue weighted by Crippen LogP contribution is 2.39. The van der Waals surface area contributed by atoms with Crippen LogP contribution in [0.25, 0.3) is 16.9 Å². The molecule has 8 nitrogen and oxygen atoms in total. The third-order valence-electron chi connectivity index (χ3n) is 4.69. The lowest BCUT2D eigenvalue weighted by Gasteiger charge is -2.21. The molecule has 3 aromatic rings. The number of carbonyl (C=O) groups is 1. The molecule has 32 heavy (non-hydrogen) atoms. The van der Waals surface area contributed by atoms with Crippen LogP contribution in [-0.2, 0) is 4.74 Å². The van der Waals surface area contributed by atoms with Gasteiger partial charge in [-0.05, 0) is 6.07 Å². The molecule has 3 aromatic heterocycles. The minimum atomic E-state index is -0.881. The van der Waals surface area contributed by atoms with Gasteiger partial charge in [-0.1, -0.05) is 20.8 Å². The summed E-state index contributed by atoms with van der Waals surface area (Å²) in [5.41, 5.74) is 6.15. The molecule has 0 spiro atoms. The van der Waals surface area contributed by atoms with Crippen molar-refractivity contribution in [2.45, 2.75) is 30.4 Å². The molecular weight excluding hydrogens is 440 g/mol. The zero-order chi connectivity index (χ0) is 23.0. The Morgan fingerprint density at radius 3 is 2.78 bits per heavy atom. The predicted molar refractivity (Wildman–Crippen MR) is 117 cm³/mol. The minimum Gasteiger partial charge on any atom is -0.490 e. The van der Waals surface area contributed by atoms with Gasteiger partial charge in [-0.15, -0.1) is 11.8 Å². The fourth-order valence-electron chi connectivity index (χ4n) is 3.26. The lowest BCUT2D eigenvalue weighted by molar-refractivity contribution is 0.152. The molecule has 1 saturated heterocycles. The standard InChI is InChI=1S/C21H23F2N5O3S/c1-21(2,3)32-16-11-28-14(12-8-13(22)19(24)26-18(12)23)10-25-17(28)9-15(16)30-6-4-27-5-7-31-20(27)29/h8-11H,4-7H2,1-3H3,(H2,24,26). The molecule has 4 rings (SSSR count). The maximum Gasteiger partial charge on any atom is 0.410 e. The predicted octanol–water partition coefficient (Wildman–Crippen LogP) is 3.98. The number of aromatic nitrogens is 3. The zero-order valence-electron chi connectivity index (χ0n) is 17.9. The molecule has 2 N–H and O–H groups in total. The Labute approximate surface area is 187 Å². The first-order valence-corrected chi connectivity index (χ1v) is 10.8. The third-order valence-corrected chi connectivity index (χ3v) is 5.83. The summed E-state index contributed by atoms with van der Waals surface area (Å²) in [6.45, 7) is 7.75. The van der Waals surface area contributed by atoms with Crippen molar-refractivity contribution < 1.29 is 23.0 Å². The fourth-order valence-corrected chi connectivity index (χ4v) is 4.30. The maximum absolute atomic E-state index is 14.4. The van der Waals surface area contributed by atoms with Crippen LogP contribution in [0.15, 0.2) is 29.4 Å². The van der Waals surface area contributed by atoms with Crippen LogP contribution in [-0.4, -0.2) is 56.4 Å². The van der Waals surface area contributed by atoms with Gasteiger partial charge in [0, 0.05) is 17.0 Å². The SMILES string of the molecule is CC(C)(C)Sc1cn2c(-c3cc(F)c(N)nc3F)cnc2cc1OCCN1CCOC1=O. The number of hydrogen-bond acceptors (Lipinski definition) is 7. The molecule has 0 aromatic carbocycles. The molecule has 0 radical (unpaired) electrons. The molecular formula is C21H23F2N5O3S. The Kier molecular flexibility index (Phi) is 5.85. The average molecular weight is 464 g/mol. The van der Waals surface area contributed by atoms with Gasteiger partial charge >= 0.3 is 6.09 Å². The molecule has 11 heteroatoms. The van der Waals surface area contributed by atoms with E-state index in [-0.39, 0.29) is 23.0 Å². The largest absolute Gasteiger partial charge is 0.490 e. The van der Waals surface area contributed by atoms with Gasteiger partial charge in [0.25, 0.3) is 0 Å². The van der Waals surface area contributed by atoms with Gasteiger partial charge in [-0.25, -0.2) is 14.2 Å². The number of carbonyl (C=O) groups excluding carboxylic acids is 1. The number of rotatable bonds is 6. The van der Waals surface area contributed by atoms with Gasteiger partial charge in [0.1, 0.15) is 24.6 Å². The Hall–Kier alpha value is -3.08. The number of fused-ring (bicyclic) bond motifs is 1. The number of halogens is 2. The Bertz CT molecular complexity index is 1180. The van der Waals surface area contributed by atoms with Crippen molar-refractivity contribution in [2.24, 2.45) is 0 Å². The van der Waals surface area contributed by atoms with Crippen LogP contribution in [0, 0.1) is 11.8 Å². The molecule has 1 aliphatic rings. The van der Waals surface area contributed by atoms with Crippen molar-refractivity contribution in [1.29, 1.82) is 0 Å². The Balaban J connectivity index is 1.69. The van der Waals surface area contributed by atoms with Crippen LogP contribution in [0.5, 0.6) is 5.75 Å². The summed E-state index contributed by atoms with van der Waals surface area (Å²) in [5, 5.41) is 0. The Morgan fingerprint density at radius 2 is 2.09 bits per heavy atom. The second-order valence-corrected chi connectivity index (χ2v) is 10.1. The van der Waals surface area contributed by atoms with E-state index >= 15 is 0 Å². The molecule has 0 bridgehead atoms. The summed E-state index contributed by atoms with van der Waals surface area (Å²) < 4.78 is 40.8. The molecule has 1 fully saturated rings. The molecule has 4 heterocycles. The number of amides is 1. The minimum absolute atomic E-state index is 0.0443. The zero-order valence-corrected chi connectivity index (χ0v) is 18.7. The number of imidazole rings is 1. The highest BCUT2D eigenvalue weighted by molar-refractivity contribution is 8.00. The lowest BCUT2D eigenvalue weighted by Crippen LogP contribution is -2.29. The number of anilines is 1. The van der Waals surface area contributed by atoms with E-state index in [9.17, 15) is 13.6 Å². The van der Waals surface area contributed by atoms with Crippen LogP contribution in [0.3, 0.4) is 0 Å². The molecule has 170 valence electrons. The first-order chi connectivity index (χ1) is 15.1. The molecule has 1 amide bonds. The van der Waals surface area contributed by atoms with Crippen molar-refractivity contribution in [3.8, 4) is 17.0 Å². The van der Waals surface area contributed by atoms with Crippen molar-refractivity contribution in [2.75, 3.05) is 32.0 Å². The van der Waals surface area contributed by atoms with Crippen molar-refractivity contribution in [1.82, 2.24) is 19.3 Å². The molecule has 0 atom stereocenters. The van der Waals surface area contributed by atoms with E-state index in [1.165, 1.54) is 6.20 Å². The molecule has 0 unspecified atom stereocenters. The van der Waals surface area contributed by atoms with E-state index in [2.05, 4.69) is 30.7 Å². The second kappa shape index (κ2) is 8.45. The van der Waals surface area contributed by atoms with Gasteiger partial charge in [-0.2, -0.15) is 9.37 Å². The Morgan fingerprint density at radius 1 is 1.31 bits per heavy atom. The van der Waals surface area contributed by atoms with Gasteiger partial charge in [0.05, 0.1) is 35.4 Å². The number of ether oxygens (including phenoxy) is 2. The molecule has 0 saturated carbocycles. The van der Waals surface area contributed by atoms with Crippen LogP contribution in [0.2, 0.25) is 0 Å². The highest BCUT2D eigenvalue weighted by Gasteiger charge is 2.23. The normalized spacial score (nSPS) is 14.3. The van der Waals surface area contributed by atoms with Gasteiger partial charge in [0.15, 0.2) is 11.6 Å². The maximum atomic E-state index is 14.4. The number of nitrogen functional groups attached to an aromatic ring is 1. The monoisotopic (exact) mass is 463 g/mol. The van der Waals surface area contributed by atoms with Gasteiger partial charge in [-0.3, -0.25) is 4.40 Å². The summed E-state index contributed by atoms with van der Waals surface area (Å²) in [6.07, 6.45) is 2.87. The number of nitrogens with two attached hydrogens (primary N) is 1. The number of pyridine rings is 2. The number of nitrogens with zero attached hydrogens (tertiary/aromatic N) is 4. The molecule has 0 aliphatic carbocycles. The van der Waals surface area contributed by atoms with Crippen LogP contribution >= 0.6 is 11.8 Å².